The Labute approximate surface area is 149 Å². The van der Waals surface area contributed by atoms with Crippen LogP contribution >= 0.6 is 0 Å². The van der Waals surface area contributed by atoms with E-state index in [1.807, 2.05) is 42.5 Å². The van der Waals surface area contributed by atoms with Crippen LogP contribution < -0.4 is 5.32 Å². The number of aliphatic hydroxyl groups excluding tert-OH is 1. The number of carboxylic acids is 1. The van der Waals surface area contributed by atoms with Gasteiger partial charge < -0.3 is 20.4 Å². The number of carboxylic acid groups (broad SMARTS) is 1. The van der Waals surface area contributed by atoms with Crippen LogP contribution in [0.3, 0.4) is 0 Å². The fraction of sp³-hybridized carbons (Fsp3) is 0.211. The van der Waals surface area contributed by atoms with Gasteiger partial charge in [-0.05, 0) is 22.4 Å². The van der Waals surface area contributed by atoms with Gasteiger partial charge >= 0.3 is 5.97 Å². The van der Waals surface area contributed by atoms with E-state index in [0.717, 1.165) is 16.3 Å². The molecule has 7 heteroatoms. The number of amides is 2. The van der Waals surface area contributed by atoms with E-state index in [1.165, 1.54) is 4.90 Å². The first-order valence-corrected chi connectivity index (χ1v) is 8.15. The average molecular weight is 354 g/mol. The van der Waals surface area contributed by atoms with Crippen molar-refractivity contribution >= 4 is 28.6 Å². The number of hydrogen-bond acceptors (Lipinski definition) is 4. The predicted molar refractivity (Wildman–Crippen MR) is 94.3 cm³/mol. The highest BCUT2D eigenvalue weighted by Gasteiger charge is 2.32. The number of fused-ring (bicyclic) bond motifs is 1. The highest BCUT2D eigenvalue weighted by molar-refractivity contribution is 6.19. The largest absolute Gasteiger partial charge is 0.511 e. The molecule has 134 valence electrons. The van der Waals surface area contributed by atoms with Crippen molar-refractivity contribution in [2.24, 2.45) is 0 Å². The highest BCUT2D eigenvalue weighted by atomic mass is 16.4. The molecular weight excluding hydrogens is 336 g/mol. The van der Waals surface area contributed by atoms with Crippen molar-refractivity contribution < 1.29 is 24.6 Å². The van der Waals surface area contributed by atoms with Crippen molar-refractivity contribution in [1.82, 2.24) is 10.2 Å². The Morgan fingerprint density at radius 2 is 1.85 bits per heavy atom. The second-order valence-electron chi connectivity index (χ2n) is 6.06. The molecule has 2 aromatic carbocycles. The molecule has 0 radical (unpaired) electrons. The summed E-state index contributed by atoms with van der Waals surface area (Å²) in [6.45, 7) is -0.0343. The first kappa shape index (κ1) is 17.5. The summed E-state index contributed by atoms with van der Waals surface area (Å²) in [7, 11) is 0. The SMILES string of the molecule is O=C(O)CNC(=O)C1=C(O)CCN(Cc2ccc3ccccc3c2)C1=O. The van der Waals surface area contributed by atoms with Crippen LogP contribution in [-0.4, -0.2) is 46.0 Å². The summed E-state index contributed by atoms with van der Waals surface area (Å²) < 4.78 is 0. The van der Waals surface area contributed by atoms with Crippen molar-refractivity contribution in [1.29, 1.82) is 0 Å². The Morgan fingerprint density at radius 3 is 2.58 bits per heavy atom. The molecule has 0 aromatic heterocycles. The normalized spacial score (nSPS) is 14.6. The third-order valence-corrected chi connectivity index (χ3v) is 4.22. The van der Waals surface area contributed by atoms with Gasteiger partial charge in [0.2, 0.25) is 0 Å². The van der Waals surface area contributed by atoms with Gasteiger partial charge in [-0.15, -0.1) is 0 Å². The van der Waals surface area contributed by atoms with E-state index in [9.17, 15) is 19.5 Å². The van der Waals surface area contributed by atoms with Crippen LogP contribution in [0.1, 0.15) is 12.0 Å². The quantitative estimate of drug-likeness (QED) is 0.707. The van der Waals surface area contributed by atoms with E-state index in [1.54, 1.807) is 0 Å². The minimum Gasteiger partial charge on any atom is -0.511 e. The van der Waals surface area contributed by atoms with Gasteiger partial charge in [-0.25, -0.2) is 0 Å². The molecule has 1 aliphatic heterocycles. The van der Waals surface area contributed by atoms with Crippen LogP contribution in [0.4, 0.5) is 0 Å². The van der Waals surface area contributed by atoms with Gasteiger partial charge in [0.05, 0.1) is 0 Å². The van der Waals surface area contributed by atoms with E-state index < -0.39 is 29.9 Å². The number of benzene rings is 2. The maximum atomic E-state index is 12.6. The standard InChI is InChI=1S/C19H18N2O5/c22-15-7-8-21(19(26)17(15)18(25)20-10-16(23)24)11-12-5-6-13-3-1-2-4-14(13)9-12/h1-6,9,22H,7-8,10-11H2,(H,20,25)(H,23,24). The number of rotatable bonds is 5. The molecule has 0 fully saturated rings. The summed E-state index contributed by atoms with van der Waals surface area (Å²) in [4.78, 5) is 36.7. The number of aliphatic hydroxyl groups is 1. The number of nitrogens with zero attached hydrogens (tertiary/aromatic N) is 1. The minimum atomic E-state index is -1.23. The fourth-order valence-corrected chi connectivity index (χ4v) is 2.93. The average Bonchev–Trinajstić information content (AvgIpc) is 2.62. The third kappa shape index (κ3) is 3.66. The van der Waals surface area contributed by atoms with Crippen molar-refractivity contribution in [3.63, 3.8) is 0 Å². The van der Waals surface area contributed by atoms with E-state index in [-0.39, 0.29) is 18.7 Å². The maximum Gasteiger partial charge on any atom is 0.322 e. The summed E-state index contributed by atoms with van der Waals surface area (Å²) in [6.07, 6.45) is 0.148. The molecule has 1 aliphatic rings. The molecule has 7 nitrogen and oxygen atoms in total. The molecule has 1 heterocycles. The zero-order chi connectivity index (χ0) is 18.7. The van der Waals surface area contributed by atoms with Gasteiger partial charge in [-0.1, -0.05) is 36.4 Å². The van der Waals surface area contributed by atoms with Crippen LogP contribution in [0.2, 0.25) is 0 Å². The van der Waals surface area contributed by atoms with E-state index >= 15 is 0 Å². The summed E-state index contributed by atoms with van der Waals surface area (Å²) in [5.74, 6) is -3.02. The predicted octanol–water partition coefficient (Wildman–Crippen LogP) is 1.58. The summed E-state index contributed by atoms with van der Waals surface area (Å²) in [6, 6.07) is 13.7. The smallest absolute Gasteiger partial charge is 0.322 e. The van der Waals surface area contributed by atoms with Gasteiger partial charge in [0, 0.05) is 19.5 Å². The summed E-state index contributed by atoms with van der Waals surface area (Å²) in [5.41, 5.74) is 0.516. The molecule has 26 heavy (non-hydrogen) atoms. The van der Waals surface area contributed by atoms with Crippen molar-refractivity contribution in [3.8, 4) is 0 Å². The van der Waals surface area contributed by atoms with Gasteiger partial charge in [0.15, 0.2) is 0 Å². The summed E-state index contributed by atoms with van der Waals surface area (Å²) >= 11 is 0. The zero-order valence-electron chi connectivity index (χ0n) is 13.9. The molecule has 0 unspecified atom stereocenters. The highest BCUT2D eigenvalue weighted by Crippen LogP contribution is 2.22. The molecule has 0 atom stereocenters. The molecule has 3 N–H and O–H groups in total. The fourth-order valence-electron chi connectivity index (χ4n) is 2.93. The molecular formula is C19H18N2O5. The number of carbonyl (C=O) groups is 3. The zero-order valence-corrected chi connectivity index (χ0v) is 13.9. The van der Waals surface area contributed by atoms with E-state index in [0.29, 0.717) is 6.54 Å². The molecule has 0 spiro atoms. The first-order valence-electron chi connectivity index (χ1n) is 8.15. The number of hydrogen-bond donors (Lipinski definition) is 3. The monoisotopic (exact) mass is 354 g/mol. The molecule has 0 aliphatic carbocycles. The van der Waals surface area contributed by atoms with E-state index in [2.05, 4.69) is 5.32 Å². The lowest BCUT2D eigenvalue weighted by Crippen LogP contribution is -2.43. The van der Waals surface area contributed by atoms with Crippen molar-refractivity contribution in [2.75, 3.05) is 13.1 Å². The lowest BCUT2D eigenvalue weighted by Gasteiger charge is -2.28. The molecule has 2 aromatic rings. The molecule has 3 rings (SSSR count). The molecule has 0 saturated carbocycles. The Balaban J connectivity index is 1.77. The lowest BCUT2D eigenvalue weighted by molar-refractivity contribution is -0.138. The van der Waals surface area contributed by atoms with E-state index in [4.69, 9.17) is 5.11 Å². The van der Waals surface area contributed by atoms with Gasteiger partial charge in [-0.2, -0.15) is 0 Å². The van der Waals surface area contributed by atoms with Crippen LogP contribution in [0.5, 0.6) is 0 Å². The minimum absolute atomic E-state index is 0.148. The van der Waals surface area contributed by atoms with Crippen molar-refractivity contribution in [3.05, 3.63) is 59.4 Å². The van der Waals surface area contributed by atoms with Crippen LogP contribution in [-0.2, 0) is 20.9 Å². The summed E-state index contributed by atoms with van der Waals surface area (Å²) in [5, 5.41) is 22.8. The Hall–Kier alpha value is -3.35. The Kier molecular flexibility index (Phi) is 4.88. The first-order chi connectivity index (χ1) is 12.5. The van der Waals surface area contributed by atoms with Crippen LogP contribution in [0.25, 0.3) is 10.8 Å². The van der Waals surface area contributed by atoms with Crippen molar-refractivity contribution in [2.45, 2.75) is 13.0 Å². The topological polar surface area (TPSA) is 107 Å². The molecule has 0 saturated heterocycles. The Morgan fingerprint density at radius 1 is 1.12 bits per heavy atom. The van der Waals surface area contributed by atoms with Gasteiger partial charge in [0.25, 0.3) is 11.8 Å². The molecule has 2 amide bonds. The van der Waals surface area contributed by atoms with Crippen LogP contribution in [0, 0.1) is 0 Å². The third-order valence-electron chi connectivity index (χ3n) is 4.22. The second-order valence-corrected chi connectivity index (χ2v) is 6.06. The van der Waals surface area contributed by atoms with Gasteiger partial charge in [-0.3, -0.25) is 14.4 Å². The second kappa shape index (κ2) is 7.26. The maximum absolute atomic E-state index is 12.6. The van der Waals surface area contributed by atoms with Gasteiger partial charge in [0.1, 0.15) is 17.9 Å². The Bertz CT molecular complexity index is 919. The number of carbonyl (C=O) groups excluding carboxylic acids is 2. The lowest BCUT2D eigenvalue weighted by atomic mass is 10.0. The van der Waals surface area contributed by atoms with Crippen LogP contribution in [0.15, 0.2) is 53.8 Å². The molecule has 0 bridgehead atoms. The number of nitrogens with one attached hydrogen (secondary N) is 1. The number of aliphatic carboxylic acids is 1.